The van der Waals surface area contributed by atoms with Crippen molar-refractivity contribution in [3.8, 4) is 0 Å². The smallest absolute Gasteiger partial charge is 0.138 e. The third-order valence-electron chi connectivity index (χ3n) is 4.72. The van der Waals surface area contributed by atoms with Gasteiger partial charge in [0.2, 0.25) is 0 Å². The van der Waals surface area contributed by atoms with Crippen LogP contribution in [0.3, 0.4) is 0 Å². The topological polar surface area (TPSA) is 50.3 Å². The lowest BCUT2D eigenvalue weighted by Gasteiger charge is -2.34. The van der Waals surface area contributed by atoms with E-state index in [-0.39, 0.29) is 0 Å². The van der Waals surface area contributed by atoms with Crippen LogP contribution in [-0.2, 0) is 13.1 Å². The third kappa shape index (κ3) is 3.64. The second-order valence-corrected chi connectivity index (χ2v) is 6.74. The molecule has 0 radical (unpaired) electrons. The van der Waals surface area contributed by atoms with E-state index in [0.717, 1.165) is 50.7 Å². The van der Waals surface area contributed by atoms with E-state index in [9.17, 15) is 0 Å². The van der Waals surface area contributed by atoms with Crippen molar-refractivity contribution in [3.05, 3.63) is 35.2 Å². The molecule has 0 aromatic carbocycles. The van der Waals surface area contributed by atoms with E-state index < -0.39 is 0 Å². The minimum Gasteiger partial charge on any atom is -0.361 e. The zero-order chi connectivity index (χ0) is 16.4. The van der Waals surface area contributed by atoms with Gasteiger partial charge in [-0.3, -0.25) is 9.80 Å². The maximum atomic E-state index is 5.27. The molecule has 2 aromatic heterocycles. The fraction of sp³-hybridized carbons (Fsp3) is 0.647. The molecule has 23 heavy (non-hydrogen) atoms. The summed E-state index contributed by atoms with van der Waals surface area (Å²) < 4.78 is 7.53. The van der Waals surface area contributed by atoms with Gasteiger partial charge in [-0.2, -0.15) is 0 Å². The lowest BCUT2D eigenvalue weighted by molar-refractivity contribution is 0.119. The molecule has 0 amide bonds. The summed E-state index contributed by atoms with van der Waals surface area (Å²) in [5.41, 5.74) is 3.57. The van der Waals surface area contributed by atoms with Crippen LogP contribution in [-0.4, -0.2) is 50.7 Å². The molecule has 0 N–H and O–H groups in total. The van der Waals surface area contributed by atoms with E-state index in [1.807, 2.05) is 26.4 Å². The molecule has 3 heterocycles. The second kappa shape index (κ2) is 6.84. The number of rotatable bonds is 5. The third-order valence-corrected chi connectivity index (χ3v) is 4.72. The Hall–Kier alpha value is -1.66. The number of nitrogens with zero attached hydrogens (tertiary/aromatic N) is 5. The normalized spacial score (nSPS) is 17.3. The van der Waals surface area contributed by atoms with E-state index in [1.54, 1.807) is 0 Å². The molecule has 1 aliphatic heterocycles. The van der Waals surface area contributed by atoms with E-state index in [4.69, 9.17) is 4.52 Å². The molecule has 0 bridgehead atoms. The van der Waals surface area contributed by atoms with Crippen molar-refractivity contribution < 1.29 is 4.52 Å². The highest BCUT2D eigenvalue weighted by Gasteiger charge is 2.21. The summed E-state index contributed by atoms with van der Waals surface area (Å²) >= 11 is 0. The van der Waals surface area contributed by atoms with Gasteiger partial charge in [0.1, 0.15) is 5.76 Å². The average Bonchev–Trinajstić information content (AvgIpc) is 3.11. The molecule has 0 spiro atoms. The first kappa shape index (κ1) is 16.2. The highest BCUT2D eigenvalue weighted by Crippen LogP contribution is 2.17. The van der Waals surface area contributed by atoms with Gasteiger partial charge < -0.3 is 9.09 Å². The molecule has 2 aromatic rings. The van der Waals surface area contributed by atoms with Gasteiger partial charge in [-0.25, -0.2) is 4.98 Å². The Balaban J connectivity index is 1.53. The Morgan fingerprint density at radius 3 is 2.30 bits per heavy atom. The summed E-state index contributed by atoms with van der Waals surface area (Å²) in [6, 6.07) is 0.466. The molecule has 6 heteroatoms. The highest BCUT2D eigenvalue weighted by atomic mass is 16.5. The Kier molecular flexibility index (Phi) is 4.82. The minimum absolute atomic E-state index is 0.466. The molecule has 0 saturated carbocycles. The van der Waals surface area contributed by atoms with Crippen molar-refractivity contribution in [1.82, 2.24) is 24.5 Å². The summed E-state index contributed by atoms with van der Waals surface area (Å²) in [5.74, 6) is 0.950. The lowest BCUT2D eigenvalue weighted by atomic mass is 10.1. The van der Waals surface area contributed by atoms with Crippen LogP contribution in [0.25, 0.3) is 0 Å². The van der Waals surface area contributed by atoms with Gasteiger partial charge in [-0.05, 0) is 27.7 Å². The van der Waals surface area contributed by atoms with Crippen LogP contribution in [0.5, 0.6) is 0 Å². The van der Waals surface area contributed by atoms with Gasteiger partial charge in [0.15, 0.2) is 0 Å². The first-order chi connectivity index (χ1) is 11.0. The van der Waals surface area contributed by atoms with Gasteiger partial charge in [0.05, 0.1) is 17.7 Å². The average molecular weight is 317 g/mol. The van der Waals surface area contributed by atoms with E-state index >= 15 is 0 Å². The molecule has 6 nitrogen and oxygen atoms in total. The fourth-order valence-corrected chi connectivity index (χ4v) is 3.21. The van der Waals surface area contributed by atoms with Gasteiger partial charge in [0.25, 0.3) is 0 Å². The monoisotopic (exact) mass is 317 g/mol. The molecular weight excluding hydrogens is 290 g/mol. The molecule has 1 aliphatic rings. The van der Waals surface area contributed by atoms with Crippen molar-refractivity contribution in [1.29, 1.82) is 0 Å². The van der Waals surface area contributed by atoms with Crippen molar-refractivity contribution >= 4 is 0 Å². The molecule has 1 fully saturated rings. The molecule has 0 aliphatic carbocycles. The van der Waals surface area contributed by atoms with Crippen molar-refractivity contribution in [2.75, 3.05) is 26.2 Å². The fourth-order valence-electron chi connectivity index (χ4n) is 3.21. The standard InChI is InChI=1S/C17H27N5O/c1-13(2)22-12-18-9-16(22)10-20-5-7-21(8-6-20)11-17-14(3)19-23-15(17)4/h9,12-13H,5-8,10-11H2,1-4H3. The maximum Gasteiger partial charge on any atom is 0.138 e. The Labute approximate surface area is 138 Å². The summed E-state index contributed by atoms with van der Waals surface area (Å²) in [6.45, 7) is 14.7. The summed E-state index contributed by atoms with van der Waals surface area (Å²) in [5, 5.41) is 4.05. The summed E-state index contributed by atoms with van der Waals surface area (Å²) in [4.78, 5) is 9.30. The first-order valence-corrected chi connectivity index (χ1v) is 8.41. The maximum absolute atomic E-state index is 5.27. The minimum atomic E-state index is 0.466. The predicted molar refractivity (Wildman–Crippen MR) is 89.1 cm³/mol. The number of hydrogen-bond donors (Lipinski definition) is 0. The lowest BCUT2D eigenvalue weighted by Crippen LogP contribution is -2.45. The van der Waals surface area contributed by atoms with Crippen LogP contribution >= 0.6 is 0 Å². The van der Waals surface area contributed by atoms with Gasteiger partial charge >= 0.3 is 0 Å². The molecule has 3 rings (SSSR count). The van der Waals surface area contributed by atoms with Crippen molar-refractivity contribution in [2.45, 2.75) is 46.8 Å². The van der Waals surface area contributed by atoms with Crippen LogP contribution in [0.4, 0.5) is 0 Å². The van der Waals surface area contributed by atoms with Gasteiger partial charge in [0, 0.05) is 57.1 Å². The molecule has 126 valence electrons. The zero-order valence-electron chi connectivity index (χ0n) is 14.6. The number of aromatic nitrogens is 3. The highest BCUT2D eigenvalue weighted by molar-refractivity contribution is 5.20. The molecule has 0 atom stereocenters. The van der Waals surface area contributed by atoms with Crippen LogP contribution < -0.4 is 0 Å². The van der Waals surface area contributed by atoms with Gasteiger partial charge in [-0.15, -0.1) is 0 Å². The molecular formula is C17H27N5O. The molecule has 1 saturated heterocycles. The van der Waals surface area contributed by atoms with Crippen LogP contribution in [0, 0.1) is 13.8 Å². The SMILES string of the molecule is Cc1noc(C)c1CN1CCN(Cc2cncn2C(C)C)CC1. The first-order valence-electron chi connectivity index (χ1n) is 8.41. The van der Waals surface area contributed by atoms with E-state index in [2.05, 4.69) is 38.4 Å². The quantitative estimate of drug-likeness (QED) is 0.847. The number of piperazine rings is 1. The van der Waals surface area contributed by atoms with E-state index in [1.165, 1.54) is 11.3 Å². The van der Waals surface area contributed by atoms with Crippen molar-refractivity contribution in [2.24, 2.45) is 0 Å². The number of hydrogen-bond acceptors (Lipinski definition) is 5. The Morgan fingerprint density at radius 2 is 1.74 bits per heavy atom. The summed E-state index contributed by atoms with van der Waals surface area (Å²) in [7, 11) is 0. The number of aryl methyl sites for hydroxylation is 2. The predicted octanol–water partition coefficient (Wildman–Crippen LogP) is 2.39. The molecule has 0 unspecified atom stereocenters. The van der Waals surface area contributed by atoms with E-state index in [0.29, 0.717) is 6.04 Å². The van der Waals surface area contributed by atoms with Crippen molar-refractivity contribution in [3.63, 3.8) is 0 Å². The second-order valence-electron chi connectivity index (χ2n) is 6.74. The number of imidazole rings is 1. The Bertz CT molecular complexity index is 618. The Morgan fingerprint density at radius 1 is 1.09 bits per heavy atom. The largest absolute Gasteiger partial charge is 0.361 e. The zero-order valence-corrected chi connectivity index (χ0v) is 14.6. The summed E-state index contributed by atoms with van der Waals surface area (Å²) in [6.07, 6.45) is 3.93. The van der Waals surface area contributed by atoms with Crippen LogP contribution in [0.1, 0.15) is 42.6 Å². The van der Waals surface area contributed by atoms with Crippen LogP contribution in [0.15, 0.2) is 17.0 Å². The van der Waals surface area contributed by atoms with Gasteiger partial charge in [-0.1, -0.05) is 5.16 Å². The van der Waals surface area contributed by atoms with Crippen LogP contribution in [0.2, 0.25) is 0 Å².